The molecule has 1 aliphatic rings. The third-order valence-electron chi connectivity index (χ3n) is 4.25. The highest BCUT2D eigenvalue weighted by Crippen LogP contribution is 2.29. The molecular formula is C14H24N4O. The van der Waals surface area contributed by atoms with Gasteiger partial charge in [-0.15, -0.1) is 0 Å². The van der Waals surface area contributed by atoms with Gasteiger partial charge in [0.15, 0.2) is 0 Å². The summed E-state index contributed by atoms with van der Waals surface area (Å²) in [5.41, 5.74) is 7.43. The van der Waals surface area contributed by atoms with Gasteiger partial charge in [-0.25, -0.2) is 0 Å². The number of rotatable bonds is 4. The molecule has 2 unspecified atom stereocenters. The number of nitrogens with zero attached hydrogens (tertiary/aromatic N) is 3. The molecular weight excluding hydrogens is 240 g/mol. The van der Waals surface area contributed by atoms with Crippen molar-refractivity contribution >= 4 is 5.91 Å². The number of aromatic nitrogens is 2. The number of hydrogen-bond donors (Lipinski definition) is 1. The number of amides is 1. The molecule has 5 heteroatoms. The molecule has 0 spiro atoms. The van der Waals surface area contributed by atoms with Crippen LogP contribution in [0.1, 0.15) is 42.4 Å². The van der Waals surface area contributed by atoms with Crippen molar-refractivity contribution < 1.29 is 4.79 Å². The van der Waals surface area contributed by atoms with Gasteiger partial charge in [0.05, 0.1) is 5.69 Å². The van der Waals surface area contributed by atoms with Crippen LogP contribution in [0.25, 0.3) is 0 Å². The third-order valence-corrected chi connectivity index (χ3v) is 4.25. The molecule has 1 fully saturated rings. The lowest BCUT2D eigenvalue weighted by Gasteiger charge is -2.29. The van der Waals surface area contributed by atoms with E-state index in [1.807, 2.05) is 32.0 Å². The molecule has 2 rings (SSSR count). The maximum absolute atomic E-state index is 12.6. The second-order valence-corrected chi connectivity index (χ2v) is 5.41. The predicted molar refractivity (Wildman–Crippen MR) is 74.9 cm³/mol. The van der Waals surface area contributed by atoms with E-state index < -0.39 is 0 Å². The first-order chi connectivity index (χ1) is 9.08. The lowest BCUT2D eigenvalue weighted by Crippen LogP contribution is -2.42. The number of carbonyl (C=O) groups excluding carboxylic acids is 1. The van der Waals surface area contributed by atoms with Gasteiger partial charge in [0, 0.05) is 20.1 Å². The molecule has 0 aromatic carbocycles. The summed E-state index contributed by atoms with van der Waals surface area (Å²) in [7, 11) is 3.72. The molecule has 1 aromatic heterocycles. The maximum atomic E-state index is 12.6. The van der Waals surface area contributed by atoms with E-state index in [1.165, 1.54) is 0 Å². The average molecular weight is 264 g/mol. The fourth-order valence-corrected chi connectivity index (χ4v) is 3.03. The Bertz CT molecular complexity index is 454. The first-order valence-corrected chi connectivity index (χ1v) is 7.08. The summed E-state index contributed by atoms with van der Waals surface area (Å²) < 4.78 is 1.68. The van der Waals surface area contributed by atoms with E-state index in [0.717, 1.165) is 31.4 Å². The largest absolute Gasteiger partial charge is 0.337 e. The minimum Gasteiger partial charge on any atom is -0.337 e. The third kappa shape index (κ3) is 2.66. The highest BCUT2D eigenvalue weighted by Gasteiger charge is 2.32. The van der Waals surface area contributed by atoms with Crippen LogP contribution in [-0.2, 0) is 13.5 Å². The zero-order valence-electron chi connectivity index (χ0n) is 12.1. The van der Waals surface area contributed by atoms with E-state index >= 15 is 0 Å². The SMILES string of the molecule is CCc1cc(C(=O)N(C)C2CCCC2CN)n(C)n1. The summed E-state index contributed by atoms with van der Waals surface area (Å²) in [6.45, 7) is 2.70. The number of nitrogens with two attached hydrogens (primary N) is 1. The fraction of sp³-hybridized carbons (Fsp3) is 0.714. The van der Waals surface area contributed by atoms with Gasteiger partial charge in [-0.2, -0.15) is 5.10 Å². The Hall–Kier alpha value is -1.36. The van der Waals surface area contributed by atoms with Gasteiger partial charge < -0.3 is 10.6 Å². The van der Waals surface area contributed by atoms with Crippen molar-refractivity contribution in [3.05, 3.63) is 17.5 Å². The second-order valence-electron chi connectivity index (χ2n) is 5.41. The Morgan fingerprint density at radius 3 is 2.89 bits per heavy atom. The van der Waals surface area contributed by atoms with Crippen molar-refractivity contribution in [2.75, 3.05) is 13.6 Å². The van der Waals surface area contributed by atoms with Gasteiger partial charge in [-0.05, 0) is 37.8 Å². The standard InChI is InChI=1S/C14H24N4O/c1-4-11-8-13(18(3)16-11)14(19)17(2)12-7-5-6-10(12)9-15/h8,10,12H,4-7,9,15H2,1-3H3. The van der Waals surface area contributed by atoms with Gasteiger partial charge >= 0.3 is 0 Å². The highest BCUT2D eigenvalue weighted by molar-refractivity contribution is 5.92. The molecule has 2 N–H and O–H groups in total. The molecule has 0 bridgehead atoms. The monoisotopic (exact) mass is 264 g/mol. The Labute approximate surface area is 114 Å². The van der Waals surface area contributed by atoms with Crippen LogP contribution in [0, 0.1) is 5.92 Å². The van der Waals surface area contributed by atoms with Crippen LogP contribution < -0.4 is 5.73 Å². The van der Waals surface area contributed by atoms with Crippen LogP contribution >= 0.6 is 0 Å². The first-order valence-electron chi connectivity index (χ1n) is 7.08. The molecule has 1 heterocycles. The molecule has 1 aromatic rings. The normalized spacial score (nSPS) is 22.7. The highest BCUT2D eigenvalue weighted by atomic mass is 16.2. The molecule has 0 saturated heterocycles. The molecule has 2 atom stereocenters. The summed E-state index contributed by atoms with van der Waals surface area (Å²) in [5, 5.41) is 4.34. The van der Waals surface area contributed by atoms with Gasteiger partial charge in [0.1, 0.15) is 5.69 Å². The van der Waals surface area contributed by atoms with Crippen molar-refractivity contribution in [3.8, 4) is 0 Å². The lowest BCUT2D eigenvalue weighted by molar-refractivity contribution is 0.0688. The first kappa shape index (κ1) is 14.1. The van der Waals surface area contributed by atoms with E-state index in [4.69, 9.17) is 5.73 Å². The van der Waals surface area contributed by atoms with Crippen molar-refractivity contribution in [2.45, 2.75) is 38.6 Å². The van der Waals surface area contributed by atoms with Crippen molar-refractivity contribution in [2.24, 2.45) is 18.7 Å². The van der Waals surface area contributed by atoms with E-state index in [2.05, 4.69) is 5.10 Å². The van der Waals surface area contributed by atoms with Crippen LogP contribution in [0.3, 0.4) is 0 Å². The second kappa shape index (κ2) is 5.74. The summed E-state index contributed by atoms with van der Waals surface area (Å²) in [5.74, 6) is 0.493. The molecule has 5 nitrogen and oxygen atoms in total. The van der Waals surface area contributed by atoms with Crippen LogP contribution in [0.4, 0.5) is 0 Å². The molecule has 106 valence electrons. The van der Waals surface area contributed by atoms with Gasteiger partial charge in [-0.1, -0.05) is 13.3 Å². The molecule has 0 radical (unpaired) electrons. The minimum atomic E-state index is 0.0556. The molecule has 0 aliphatic heterocycles. The molecule has 1 saturated carbocycles. The number of carbonyl (C=O) groups is 1. The molecule has 19 heavy (non-hydrogen) atoms. The minimum absolute atomic E-state index is 0.0556. The van der Waals surface area contributed by atoms with Crippen LogP contribution in [0.15, 0.2) is 6.07 Å². The number of hydrogen-bond acceptors (Lipinski definition) is 3. The average Bonchev–Trinajstić information content (AvgIpc) is 3.02. The summed E-state index contributed by atoms with van der Waals surface area (Å²) >= 11 is 0. The maximum Gasteiger partial charge on any atom is 0.272 e. The Balaban J connectivity index is 2.16. The van der Waals surface area contributed by atoms with E-state index in [1.54, 1.807) is 4.68 Å². The van der Waals surface area contributed by atoms with Gasteiger partial charge in [0.2, 0.25) is 0 Å². The molecule has 1 amide bonds. The van der Waals surface area contributed by atoms with Crippen molar-refractivity contribution in [1.82, 2.24) is 14.7 Å². The summed E-state index contributed by atoms with van der Waals surface area (Å²) in [6, 6.07) is 2.17. The Kier molecular flexibility index (Phi) is 4.24. The van der Waals surface area contributed by atoms with Crippen LogP contribution in [-0.4, -0.2) is 40.2 Å². The Morgan fingerprint density at radius 2 is 2.32 bits per heavy atom. The van der Waals surface area contributed by atoms with Crippen molar-refractivity contribution in [3.63, 3.8) is 0 Å². The lowest BCUT2D eigenvalue weighted by atomic mass is 10.0. The van der Waals surface area contributed by atoms with E-state index in [0.29, 0.717) is 18.2 Å². The van der Waals surface area contributed by atoms with Crippen molar-refractivity contribution in [1.29, 1.82) is 0 Å². The van der Waals surface area contributed by atoms with Crippen LogP contribution in [0.5, 0.6) is 0 Å². The Morgan fingerprint density at radius 1 is 1.58 bits per heavy atom. The summed E-state index contributed by atoms with van der Waals surface area (Å²) in [6.07, 6.45) is 4.20. The number of aryl methyl sites for hydroxylation is 2. The zero-order valence-corrected chi connectivity index (χ0v) is 12.1. The molecule has 1 aliphatic carbocycles. The summed E-state index contributed by atoms with van der Waals surface area (Å²) in [4.78, 5) is 14.4. The van der Waals surface area contributed by atoms with Gasteiger partial charge in [0.25, 0.3) is 5.91 Å². The van der Waals surface area contributed by atoms with Gasteiger partial charge in [-0.3, -0.25) is 9.48 Å². The van der Waals surface area contributed by atoms with Crippen LogP contribution in [0.2, 0.25) is 0 Å². The zero-order chi connectivity index (χ0) is 14.0. The van der Waals surface area contributed by atoms with E-state index in [9.17, 15) is 4.79 Å². The predicted octanol–water partition coefficient (Wildman–Crippen LogP) is 1.18. The van der Waals surface area contributed by atoms with E-state index in [-0.39, 0.29) is 11.9 Å². The quantitative estimate of drug-likeness (QED) is 0.888. The topological polar surface area (TPSA) is 64.2 Å². The fourth-order valence-electron chi connectivity index (χ4n) is 3.03. The smallest absolute Gasteiger partial charge is 0.272 e.